The van der Waals surface area contributed by atoms with Crippen LogP contribution in [0.2, 0.25) is 0 Å². The van der Waals surface area contributed by atoms with Crippen molar-refractivity contribution < 1.29 is 0 Å². The summed E-state index contributed by atoms with van der Waals surface area (Å²) in [6.45, 7) is 4.25. The van der Waals surface area contributed by atoms with Crippen LogP contribution in [-0.2, 0) is 11.8 Å². The SMILES string of the molecule is CCc1cc(C)ccc1-c1cnc(C2(C#N)CCC2)cn1. The van der Waals surface area contributed by atoms with Crippen molar-refractivity contribution in [2.75, 3.05) is 0 Å². The van der Waals surface area contributed by atoms with Crippen molar-refractivity contribution in [2.24, 2.45) is 0 Å². The average Bonchev–Trinajstić information content (AvgIpc) is 2.47. The molecule has 0 atom stereocenters. The van der Waals surface area contributed by atoms with Crippen LogP contribution >= 0.6 is 0 Å². The molecule has 3 rings (SSSR count). The molecule has 0 aliphatic heterocycles. The number of nitriles is 1. The third kappa shape index (κ3) is 2.31. The van der Waals surface area contributed by atoms with Crippen LogP contribution in [0.25, 0.3) is 11.3 Å². The zero-order chi connectivity index (χ0) is 14.9. The topological polar surface area (TPSA) is 49.6 Å². The number of aromatic nitrogens is 2. The minimum atomic E-state index is -0.383. The van der Waals surface area contributed by atoms with Crippen LogP contribution in [-0.4, -0.2) is 9.97 Å². The lowest BCUT2D eigenvalue weighted by molar-refractivity contribution is 0.315. The molecule has 0 spiro atoms. The summed E-state index contributed by atoms with van der Waals surface area (Å²) >= 11 is 0. The van der Waals surface area contributed by atoms with Crippen molar-refractivity contribution in [3.05, 3.63) is 47.4 Å². The second-order valence-electron chi connectivity index (χ2n) is 5.85. The molecule has 1 aromatic heterocycles. The van der Waals surface area contributed by atoms with Crippen LogP contribution in [0.5, 0.6) is 0 Å². The highest BCUT2D eigenvalue weighted by Gasteiger charge is 2.40. The molecule has 1 aromatic carbocycles. The number of nitrogens with zero attached hydrogens (tertiary/aromatic N) is 3. The molecular formula is C18H19N3. The van der Waals surface area contributed by atoms with Gasteiger partial charge in [0, 0.05) is 5.56 Å². The molecule has 0 saturated heterocycles. The minimum absolute atomic E-state index is 0.383. The molecule has 3 heteroatoms. The standard InChI is InChI=1S/C18H19N3/c1-3-14-9-13(2)5-6-15(14)16-10-21-17(11-20-16)18(12-19)7-4-8-18/h5-6,9-11H,3-4,7-8H2,1-2H3. The first-order valence-electron chi connectivity index (χ1n) is 7.52. The van der Waals surface area contributed by atoms with Gasteiger partial charge in [0.2, 0.25) is 0 Å². The molecule has 1 fully saturated rings. The van der Waals surface area contributed by atoms with Crippen LogP contribution in [0.1, 0.15) is 43.0 Å². The summed E-state index contributed by atoms with van der Waals surface area (Å²) < 4.78 is 0. The maximum atomic E-state index is 9.37. The summed E-state index contributed by atoms with van der Waals surface area (Å²) in [4.78, 5) is 9.10. The molecule has 0 bridgehead atoms. The quantitative estimate of drug-likeness (QED) is 0.853. The smallest absolute Gasteiger partial charge is 0.101 e. The normalized spacial score (nSPS) is 16.0. The number of rotatable bonds is 3. The van der Waals surface area contributed by atoms with E-state index >= 15 is 0 Å². The first kappa shape index (κ1) is 13.8. The van der Waals surface area contributed by atoms with Gasteiger partial charge in [0.1, 0.15) is 5.41 Å². The summed E-state index contributed by atoms with van der Waals surface area (Å²) in [6.07, 6.45) is 7.50. The van der Waals surface area contributed by atoms with Gasteiger partial charge in [0.25, 0.3) is 0 Å². The third-order valence-electron chi connectivity index (χ3n) is 4.48. The Bertz CT molecular complexity index is 691. The van der Waals surface area contributed by atoms with Gasteiger partial charge in [-0.15, -0.1) is 0 Å². The molecule has 1 aliphatic rings. The van der Waals surface area contributed by atoms with E-state index in [0.29, 0.717) is 0 Å². The molecule has 1 aliphatic carbocycles. The van der Waals surface area contributed by atoms with E-state index in [1.807, 2.05) is 6.20 Å². The number of hydrogen-bond donors (Lipinski definition) is 0. The Morgan fingerprint density at radius 2 is 2.05 bits per heavy atom. The Hall–Kier alpha value is -2.21. The monoisotopic (exact) mass is 277 g/mol. The lowest BCUT2D eigenvalue weighted by atomic mass is 9.68. The molecule has 0 unspecified atom stereocenters. The molecule has 1 saturated carbocycles. The Labute approximate surface area is 125 Å². The first-order chi connectivity index (χ1) is 10.2. The van der Waals surface area contributed by atoms with E-state index < -0.39 is 0 Å². The molecule has 0 N–H and O–H groups in total. The number of aryl methyl sites for hydroxylation is 2. The summed E-state index contributed by atoms with van der Waals surface area (Å²) in [6, 6.07) is 8.84. The molecular weight excluding hydrogens is 258 g/mol. The minimum Gasteiger partial charge on any atom is -0.256 e. The van der Waals surface area contributed by atoms with Gasteiger partial charge in [-0.3, -0.25) is 9.97 Å². The fraction of sp³-hybridized carbons (Fsp3) is 0.389. The fourth-order valence-corrected chi connectivity index (χ4v) is 2.93. The van der Waals surface area contributed by atoms with Gasteiger partial charge in [-0.25, -0.2) is 0 Å². The van der Waals surface area contributed by atoms with Crippen molar-refractivity contribution in [2.45, 2.75) is 44.9 Å². The highest BCUT2D eigenvalue weighted by Crippen LogP contribution is 2.42. The Morgan fingerprint density at radius 3 is 2.57 bits per heavy atom. The predicted octanol–water partition coefficient (Wildman–Crippen LogP) is 3.96. The summed E-state index contributed by atoms with van der Waals surface area (Å²) in [5.74, 6) is 0. The lowest BCUT2D eigenvalue weighted by Gasteiger charge is -2.34. The van der Waals surface area contributed by atoms with Crippen molar-refractivity contribution in [1.29, 1.82) is 5.26 Å². The summed E-state index contributed by atoms with van der Waals surface area (Å²) in [7, 11) is 0. The van der Waals surface area contributed by atoms with Gasteiger partial charge in [-0.05, 0) is 38.2 Å². The van der Waals surface area contributed by atoms with E-state index in [2.05, 4.69) is 48.1 Å². The van der Waals surface area contributed by atoms with Crippen molar-refractivity contribution in [3.63, 3.8) is 0 Å². The van der Waals surface area contributed by atoms with E-state index in [1.165, 1.54) is 11.1 Å². The predicted molar refractivity (Wildman–Crippen MR) is 82.7 cm³/mol. The maximum absolute atomic E-state index is 9.37. The summed E-state index contributed by atoms with van der Waals surface area (Å²) in [5.41, 5.74) is 5.02. The zero-order valence-electron chi connectivity index (χ0n) is 12.6. The average molecular weight is 277 g/mol. The second-order valence-corrected chi connectivity index (χ2v) is 5.85. The highest BCUT2D eigenvalue weighted by atomic mass is 14.8. The molecule has 106 valence electrons. The summed E-state index contributed by atoms with van der Waals surface area (Å²) in [5, 5.41) is 9.37. The molecule has 3 nitrogen and oxygen atoms in total. The van der Waals surface area contributed by atoms with E-state index in [0.717, 1.165) is 42.6 Å². The van der Waals surface area contributed by atoms with E-state index in [9.17, 15) is 5.26 Å². The van der Waals surface area contributed by atoms with Gasteiger partial charge in [-0.2, -0.15) is 5.26 Å². The fourth-order valence-electron chi connectivity index (χ4n) is 2.93. The number of hydrogen-bond acceptors (Lipinski definition) is 3. The maximum Gasteiger partial charge on any atom is 0.101 e. The third-order valence-corrected chi connectivity index (χ3v) is 4.48. The van der Waals surface area contributed by atoms with Crippen LogP contribution in [0.15, 0.2) is 30.6 Å². The van der Waals surface area contributed by atoms with Crippen LogP contribution in [0.3, 0.4) is 0 Å². The van der Waals surface area contributed by atoms with Gasteiger partial charge in [0.15, 0.2) is 0 Å². The van der Waals surface area contributed by atoms with E-state index in [1.54, 1.807) is 6.20 Å². The Balaban J connectivity index is 1.97. The van der Waals surface area contributed by atoms with E-state index in [4.69, 9.17) is 0 Å². The molecule has 2 aromatic rings. The second kappa shape index (κ2) is 5.29. The molecule has 0 radical (unpaired) electrons. The van der Waals surface area contributed by atoms with Crippen LogP contribution in [0.4, 0.5) is 0 Å². The Kier molecular flexibility index (Phi) is 3.47. The largest absolute Gasteiger partial charge is 0.256 e. The number of benzene rings is 1. The molecule has 21 heavy (non-hydrogen) atoms. The first-order valence-corrected chi connectivity index (χ1v) is 7.52. The molecule has 1 heterocycles. The van der Waals surface area contributed by atoms with Crippen molar-refractivity contribution in [3.8, 4) is 17.3 Å². The van der Waals surface area contributed by atoms with Crippen molar-refractivity contribution >= 4 is 0 Å². The van der Waals surface area contributed by atoms with Crippen molar-refractivity contribution in [1.82, 2.24) is 9.97 Å². The van der Waals surface area contributed by atoms with E-state index in [-0.39, 0.29) is 5.41 Å². The zero-order valence-corrected chi connectivity index (χ0v) is 12.6. The van der Waals surface area contributed by atoms with Gasteiger partial charge in [-0.1, -0.05) is 30.7 Å². The highest BCUT2D eigenvalue weighted by molar-refractivity contribution is 5.63. The van der Waals surface area contributed by atoms with Crippen LogP contribution < -0.4 is 0 Å². The Morgan fingerprint density at radius 1 is 1.24 bits per heavy atom. The van der Waals surface area contributed by atoms with Gasteiger partial charge >= 0.3 is 0 Å². The molecule has 0 amide bonds. The van der Waals surface area contributed by atoms with Gasteiger partial charge in [0.05, 0.1) is 29.9 Å². The lowest BCUT2D eigenvalue weighted by Crippen LogP contribution is -2.33. The van der Waals surface area contributed by atoms with Crippen LogP contribution in [0, 0.1) is 18.3 Å². The van der Waals surface area contributed by atoms with Gasteiger partial charge < -0.3 is 0 Å².